The Hall–Kier alpha value is -1.85. The smallest absolute Gasteiger partial charge is 0.311 e. The quantitative estimate of drug-likeness (QED) is 0.0841. The molecule has 38 heavy (non-hydrogen) atoms. The zero-order valence-electron chi connectivity index (χ0n) is 25.9. The summed E-state index contributed by atoms with van der Waals surface area (Å²) in [6, 6.07) is 0. The minimum absolute atomic E-state index is 0.0150. The molecule has 0 aromatic heterocycles. The molecule has 222 valence electrons. The fourth-order valence-corrected chi connectivity index (χ4v) is 3.80. The molecule has 6 nitrogen and oxygen atoms in total. The van der Waals surface area contributed by atoms with E-state index in [1.165, 1.54) is 57.8 Å². The van der Waals surface area contributed by atoms with Crippen LogP contribution in [0.25, 0.3) is 0 Å². The number of hydrogen-bond acceptors (Lipinski definition) is 5. The summed E-state index contributed by atoms with van der Waals surface area (Å²) >= 11 is 0. The van der Waals surface area contributed by atoms with Crippen molar-refractivity contribution in [3.05, 3.63) is 12.2 Å². The number of carbonyl (C=O) groups is 3. The molecular formula is C32H59NO5. The lowest BCUT2D eigenvalue weighted by atomic mass is 9.97. The third-order valence-corrected chi connectivity index (χ3v) is 6.42. The Labute approximate surface area is 234 Å². The van der Waals surface area contributed by atoms with Crippen molar-refractivity contribution >= 4 is 17.8 Å². The number of esters is 2. The fraction of sp³-hybridized carbons (Fsp3) is 0.844. The largest absolute Gasteiger partial charge is 0.463 e. The average molecular weight is 538 g/mol. The Kier molecular flexibility index (Phi) is 20.0. The lowest BCUT2D eigenvalue weighted by Crippen LogP contribution is -2.38. The SMILES string of the molecule is CCCCCCCCC=CCCCCCCCC(=O)N(CCOC(=O)C(C)(C)C)CCOC(=O)C(C)(C)C. The molecule has 0 saturated heterocycles. The van der Waals surface area contributed by atoms with Crippen molar-refractivity contribution in [3.63, 3.8) is 0 Å². The van der Waals surface area contributed by atoms with Crippen LogP contribution < -0.4 is 0 Å². The van der Waals surface area contributed by atoms with E-state index >= 15 is 0 Å². The Bertz CT molecular complexity index is 640. The molecule has 1 amide bonds. The topological polar surface area (TPSA) is 72.9 Å². The summed E-state index contributed by atoms with van der Waals surface area (Å²) in [6.07, 6.45) is 20.9. The van der Waals surface area contributed by atoms with Gasteiger partial charge in [0.2, 0.25) is 5.91 Å². The van der Waals surface area contributed by atoms with Crippen LogP contribution in [0.2, 0.25) is 0 Å². The molecule has 0 N–H and O–H groups in total. The molecule has 0 atom stereocenters. The lowest BCUT2D eigenvalue weighted by molar-refractivity contribution is -0.155. The van der Waals surface area contributed by atoms with Gasteiger partial charge in [-0.1, -0.05) is 70.4 Å². The van der Waals surface area contributed by atoms with Crippen LogP contribution in [0, 0.1) is 10.8 Å². The van der Waals surface area contributed by atoms with Gasteiger partial charge in [0, 0.05) is 6.42 Å². The molecule has 0 fully saturated rings. The zero-order valence-corrected chi connectivity index (χ0v) is 25.9. The number of amides is 1. The first-order valence-electron chi connectivity index (χ1n) is 15.2. The van der Waals surface area contributed by atoms with Gasteiger partial charge in [-0.3, -0.25) is 14.4 Å². The molecule has 0 unspecified atom stereocenters. The third kappa shape index (κ3) is 20.2. The van der Waals surface area contributed by atoms with Gasteiger partial charge in [-0.2, -0.15) is 0 Å². The summed E-state index contributed by atoms with van der Waals surface area (Å²) in [5.74, 6) is -0.566. The Morgan fingerprint density at radius 1 is 0.605 bits per heavy atom. The highest BCUT2D eigenvalue weighted by molar-refractivity contribution is 5.77. The van der Waals surface area contributed by atoms with Gasteiger partial charge in [-0.25, -0.2) is 0 Å². The van der Waals surface area contributed by atoms with E-state index in [0.717, 1.165) is 25.7 Å². The molecule has 0 aliphatic carbocycles. The molecule has 0 saturated carbocycles. The Balaban J connectivity index is 4.22. The summed E-state index contributed by atoms with van der Waals surface area (Å²) < 4.78 is 10.7. The molecule has 0 radical (unpaired) electrons. The average Bonchev–Trinajstić information content (AvgIpc) is 2.83. The number of unbranched alkanes of at least 4 members (excludes halogenated alkanes) is 11. The van der Waals surface area contributed by atoms with Crippen LogP contribution >= 0.6 is 0 Å². The zero-order chi connectivity index (χ0) is 28.9. The fourth-order valence-electron chi connectivity index (χ4n) is 3.80. The molecule has 6 heteroatoms. The predicted molar refractivity (Wildman–Crippen MR) is 157 cm³/mol. The van der Waals surface area contributed by atoms with E-state index in [2.05, 4.69) is 19.1 Å². The van der Waals surface area contributed by atoms with Gasteiger partial charge in [-0.05, 0) is 73.6 Å². The predicted octanol–water partition coefficient (Wildman–Crippen LogP) is 8.03. The van der Waals surface area contributed by atoms with Crippen LogP contribution in [0.15, 0.2) is 12.2 Å². The first-order chi connectivity index (χ1) is 17.9. The molecule has 0 bridgehead atoms. The van der Waals surface area contributed by atoms with E-state index < -0.39 is 10.8 Å². The number of carbonyl (C=O) groups excluding carboxylic acids is 3. The number of rotatable bonds is 21. The van der Waals surface area contributed by atoms with Gasteiger partial charge in [0.05, 0.1) is 23.9 Å². The van der Waals surface area contributed by atoms with Gasteiger partial charge in [0.15, 0.2) is 0 Å². The number of allylic oxidation sites excluding steroid dienone is 2. The Morgan fingerprint density at radius 2 is 1.00 bits per heavy atom. The molecule has 0 aromatic carbocycles. The summed E-state index contributed by atoms with van der Waals surface area (Å²) in [5, 5.41) is 0. The molecule has 0 aliphatic rings. The van der Waals surface area contributed by atoms with Crippen molar-refractivity contribution in [1.82, 2.24) is 4.90 Å². The number of ether oxygens (including phenoxy) is 2. The van der Waals surface area contributed by atoms with Crippen LogP contribution in [-0.4, -0.2) is 49.0 Å². The highest BCUT2D eigenvalue weighted by Crippen LogP contribution is 2.16. The standard InChI is InChI=1S/C32H59NO5/c1-8-9-10-11-12-13-14-15-16-17-18-19-20-21-22-23-28(34)33(24-26-37-29(35)31(2,3)4)25-27-38-30(36)32(5,6)7/h15-16H,8-14,17-27H2,1-7H3. The minimum atomic E-state index is -0.583. The van der Waals surface area contributed by atoms with Crippen LogP contribution in [0.5, 0.6) is 0 Å². The van der Waals surface area contributed by atoms with Gasteiger partial charge in [-0.15, -0.1) is 0 Å². The second-order valence-electron chi connectivity index (χ2n) is 12.5. The third-order valence-electron chi connectivity index (χ3n) is 6.42. The first-order valence-corrected chi connectivity index (χ1v) is 15.2. The number of hydrogen-bond donors (Lipinski definition) is 0. The highest BCUT2D eigenvalue weighted by atomic mass is 16.5. The van der Waals surface area contributed by atoms with Gasteiger partial charge in [0.25, 0.3) is 0 Å². The van der Waals surface area contributed by atoms with Gasteiger partial charge >= 0.3 is 11.9 Å². The van der Waals surface area contributed by atoms with Crippen molar-refractivity contribution in [1.29, 1.82) is 0 Å². The summed E-state index contributed by atoms with van der Waals surface area (Å²) in [6.45, 7) is 14.0. The summed E-state index contributed by atoms with van der Waals surface area (Å²) in [5.41, 5.74) is -1.17. The summed E-state index contributed by atoms with van der Waals surface area (Å²) in [4.78, 5) is 38.6. The number of nitrogens with zero attached hydrogens (tertiary/aromatic N) is 1. The van der Waals surface area contributed by atoms with Crippen molar-refractivity contribution in [2.24, 2.45) is 10.8 Å². The monoisotopic (exact) mass is 537 g/mol. The normalized spacial score (nSPS) is 12.1. The van der Waals surface area contributed by atoms with E-state index in [-0.39, 0.29) is 31.1 Å². The lowest BCUT2D eigenvalue weighted by Gasteiger charge is -2.25. The van der Waals surface area contributed by atoms with Gasteiger partial charge in [0.1, 0.15) is 13.2 Å². The molecule has 0 rings (SSSR count). The van der Waals surface area contributed by atoms with Crippen LogP contribution in [0.1, 0.15) is 138 Å². The highest BCUT2D eigenvalue weighted by Gasteiger charge is 2.25. The Morgan fingerprint density at radius 3 is 1.42 bits per heavy atom. The molecule has 0 spiro atoms. The first kappa shape index (κ1) is 36.1. The second kappa shape index (κ2) is 21.0. The van der Waals surface area contributed by atoms with Crippen LogP contribution in [0.4, 0.5) is 0 Å². The van der Waals surface area contributed by atoms with Gasteiger partial charge < -0.3 is 14.4 Å². The van der Waals surface area contributed by atoms with Crippen molar-refractivity contribution in [3.8, 4) is 0 Å². The maximum absolute atomic E-state index is 12.9. The van der Waals surface area contributed by atoms with E-state index in [1.807, 2.05) is 0 Å². The van der Waals surface area contributed by atoms with E-state index in [1.54, 1.807) is 46.4 Å². The maximum atomic E-state index is 12.9. The van der Waals surface area contributed by atoms with Crippen molar-refractivity contribution in [2.75, 3.05) is 26.3 Å². The van der Waals surface area contributed by atoms with Crippen molar-refractivity contribution in [2.45, 2.75) is 138 Å². The van der Waals surface area contributed by atoms with E-state index in [0.29, 0.717) is 19.5 Å². The molecular weight excluding hydrogens is 478 g/mol. The molecule has 0 aromatic rings. The second-order valence-corrected chi connectivity index (χ2v) is 12.5. The maximum Gasteiger partial charge on any atom is 0.311 e. The summed E-state index contributed by atoms with van der Waals surface area (Å²) in [7, 11) is 0. The molecule has 0 aliphatic heterocycles. The van der Waals surface area contributed by atoms with Crippen molar-refractivity contribution < 1.29 is 23.9 Å². The molecule has 0 heterocycles. The van der Waals surface area contributed by atoms with E-state index in [4.69, 9.17) is 9.47 Å². The van der Waals surface area contributed by atoms with E-state index in [9.17, 15) is 14.4 Å². The van der Waals surface area contributed by atoms with Crippen LogP contribution in [0.3, 0.4) is 0 Å². The minimum Gasteiger partial charge on any atom is -0.463 e. The van der Waals surface area contributed by atoms with Crippen LogP contribution in [-0.2, 0) is 23.9 Å².